The zero-order chi connectivity index (χ0) is 83.0. The van der Waals surface area contributed by atoms with E-state index < -0.39 is 9.84 Å². The molecule has 0 radical (unpaired) electrons. The topological polar surface area (TPSA) is 573 Å². The number of likely N-dealkylation sites (tertiary alicyclic amines) is 1. The van der Waals surface area contributed by atoms with Crippen molar-refractivity contribution in [3.05, 3.63) is 71.8 Å². The third-order valence-corrected chi connectivity index (χ3v) is 9.29. The molecule has 3 rings (SSSR count). The number of nitrogens with zero attached hydrogens (tertiary/aromatic N) is 1. The number of piperidine rings is 1. The molecule has 0 saturated carbocycles. The lowest BCUT2D eigenvalue weighted by atomic mass is 10.1. The first-order valence-corrected chi connectivity index (χ1v) is 33.3. The Bertz CT molecular complexity index is 1240. The van der Waals surface area contributed by atoms with Crippen molar-refractivity contribution in [3.8, 4) is 0 Å². The van der Waals surface area contributed by atoms with E-state index in [0.717, 1.165) is 61.9 Å². The molecule has 27 N–H and O–H groups in total. The number of hydrogen-bond acceptors (Lipinski definition) is 25. The van der Waals surface area contributed by atoms with Crippen LogP contribution < -0.4 is 65.2 Å². The summed E-state index contributed by atoms with van der Waals surface area (Å²) in [6, 6.07) is 20.9. The van der Waals surface area contributed by atoms with E-state index in [1.54, 1.807) is 6.92 Å². The molecule has 0 bridgehead atoms. The quantitative estimate of drug-likeness (QED) is 0.117. The number of rotatable bonds is 8. The highest BCUT2D eigenvalue weighted by atomic mass is 32.2. The normalized spacial score (nSPS) is 7.34. The molecular weight excluding hydrogens is 1290 g/mol. The van der Waals surface area contributed by atoms with Gasteiger partial charge in [-0.2, -0.15) is 0 Å². The summed E-state index contributed by atoms with van der Waals surface area (Å²) in [6.45, 7) is 72.9. The number of carbonyl (C=O) groups is 12. The van der Waals surface area contributed by atoms with Crippen LogP contribution in [-0.4, -0.2) is 161 Å². The van der Waals surface area contributed by atoms with Gasteiger partial charge in [0, 0.05) is 32.0 Å². The summed E-state index contributed by atoms with van der Waals surface area (Å²) < 4.78 is 20.5. The summed E-state index contributed by atoms with van der Waals surface area (Å²) in [4.78, 5) is 101. The second-order valence-electron chi connectivity index (χ2n) is 16.8. The number of sulfone groups is 1. The third kappa shape index (κ3) is 518. The second kappa shape index (κ2) is 305. The lowest BCUT2D eigenvalue weighted by molar-refractivity contribution is -0.129. The van der Waals surface area contributed by atoms with Gasteiger partial charge in [0.05, 0.1) is 0 Å². The van der Waals surface area contributed by atoms with E-state index in [2.05, 4.69) is 201 Å². The van der Waals surface area contributed by atoms with Gasteiger partial charge in [-0.05, 0) is 122 Å². The van der Waals surface area contributed by atoms with E-state index in [-0.39, 0.29) is 36.7 Å². The number of benzene rings is 2. The highest BCUT2D eigenvalue weighted by molar-refractivity contribution is 7.90. The van der Waals surface area contributed by atoms with Gasteiger partial charge in [-0.3, -0.25) is 4.79 Å². The molecular formula is C72H180N12O14S. The molecule has 1 heterocycles. The molecule has 1 aliphatic rings. The Labute approximate surface area is 616 Å². The van der Waals surface area contributed by atoms with Gasteiger partial charge in [0.15, 0.2) is 0 Å². The Hall–Kier alpha value is -6.21. The minimum atomic E-state index is -2.67. The molecule has 1 amide bonds. The summed E-state index contributed by atoms with van der Waals surface area (Å²) >= 11 is 0. The molecule has 1 saturated heterocycles. The molecule has 0 spiro atoms. The van der Waals surface area contributed by atoms with E-state index in [1.165, 1.54) is 105 Å². The van der Waals surface area contributed by atoms with Crippen LogP contribution in [0, 0.1) is 29.6 Å². The lowest BCUT2D eigenvalue weighted by Crippen LogP contribution is -2.33. The fourth-order valence-corrected chi connectivity index (χ4v) is 3.75. The SMILES string of the molecule is C=O.C=O.C=O.C=O.C=O.C=O.C=O.C=O.C=O.C=O.C=O.CC.CC.CC(=O)N1CCCCC1.CC(C)C.CCC(C)C.CCC(C)C.CCC(C)C.CCC(C)C.CCCS(C)(=O)=O.CCc1ccccc1.CCc1ccccc1.CN.CN.CN.CN.CN.CN.N.N.N.N.N. The van der Waals surface area contributed by atoms with Gasteiger partial charge in [-0.1, -0.05) is 239 Å². The summed E-state index contributed by atoms with van der Waals surface area (Å²) in [6.07, 6.45) is 13.2. The maximum atomic E-state index is 10.7. The van der Waals surface area contributed by atoms with Crippen molar-refractivity contribution in [2.24, 2.45) is 64.0 Å². The van der Waals surface area contributed by atoms with Crippen LogP contribution in [-0.2, 0) is 80.2 Å². The predicted molar refractivity (Wildman–Crippen MR) is 446 cm³/mol. The molecule has 27 heteroatoms. The van der Waals surface area contributed by atoms with Crippen LogP contribution >= 0.6 is 0 Å². The van der Waals surface area contributed by atoms with Crippen molar-refractivity contribution < 1.29 is 66.0 Å². The first kappa shape index (κ1) is 198. The van der Waals surface area contributed by atoms with Crippen LogP contribution in [0.4, 0.5) is 0 Å². The lowest BCUT2D eigenvalue weighted by Gasteiger charge is -2.24. The highest BCUT2D eigenvalue weighted by Crippen LogP contribution is 2.07. The average molecular weight is 1470 g/mol. The van der Waals surface area contributed by atoms with Crippen molar-refractivity contribution in [2.45, 2.75) is 223 Å². The molecule has 0 aromatic heterocycles. The first-order chi connectivity index (χ1) is 45.0. The van der Waals surface area contributed by atoms with Crippen LogP contribution in [0.25, 0.3) is 0 Å². The minimum absolute atomic E-state index is 0. The molecule has 2 aromatic carbocycles. The van der Waals surface area contributed by atoms with Crippen LogP contribution in [0.1, 0.15) is 222 Å². The Kier molecular flexibility index (Phi) is 611. The summed E-state index contributed by atoms with van der Waals surface area (Å²) in [5.41, 5.74) is 29.8. The molecule has 0 atom stereocenters. The molecule has 99 heavy (non-hydrogen) atoms. The predicted octanol–water partition coefficient (Wildman–Crippen LogP) is 14.1. The van der Waals surface area contributed by atoms with Gasteiger partial charge < -0.3 is 123 Å². The molecule has 0 aliphatic carbocycles. The zero-order valence-corrected chi connectivity index (χ0v) is 71.5. The van der Waals surface area contributed by atoms with Crippen LogP contribution in [0.15, 0.2) is 60.7 Å². The zero-order valence-electron chi connectivity index (χ0n) is 70.7. The Morgan fingerprint density at radius 1 is 0.364 bits per heavy atom. The molecule has 2 aromatic rings. The van der Waals surface area contributed by atoms with E-state index in [4.69, 9.17) is 52.7 Å². The highest BCUT2D eigenvalue weighted by Gasteiger charge is 2.11. The van der Waals surface area contributed by atoms with Crippen LogP contribution in [0.5, 0.6) is 0 Å². The van der Waals surface area contributed by atoms with Crippen LogP contribution in [0.3, 0.4) is 0 Å². The molecule has 1 fully saturated rings. The van der Waals surface area contributed by atoms with Gasteiger partial charge in [-0.15, -0.1) is 0 Å². The fraction of sp³-hybridized carbons (Fsp3) is 0.667. The number of carbonyl (C=O) groups excluding carboxylic acids is 12. The van der Waals surface area contributed by atoms with E-state index in [0.29, 0.717) is 5.75 Å². The Morgan fingerprint density at radius 2 is 0.505 bits per heavy atom. The molecule has 618 valence electrons. The summed E-state index contributed by atoms with van der Waals surface area (Å²) in [5, 5.41) is 0. The molecule has 1 aliphatic heterocycles. The number of hydrogen-bond donors (Lipinski definition) is 11. The monoisotopic (exact) mass is 1470 g/mol. The summed E-state index contributed by atoms with van der Waals surface area (Å²) in [5.74, 6) is 4.91. The van der Waals surface area contributed by atoms with Crippen molar-refractivity contribution in [1.82, 2.24) is 35.7 Å². The number of aryl methyl sites for hydroxylation is 2. The first-order valence-electron chi connectivity index (χ1n) is 31.2. The number of amides is 1. The van der Waals surface area contributed by atoms with Crippen molar-refractivity contribution in [3.63, 3.8) is 0 Å². The standard InChI is InChI=1S/2C8H10.C7H13NO.4C5H12.C4H10O2S.C4H10.2C2H6.6CH5N.11CH2O.5H3N/c2*1-2-8-6-4-3-5-7-8;1-7(9)8-5-3-2-4-6-8;4*1-4-5(2)3;1-3-4-7(2,5)6;1-4(2)3;19*1-2;;;;;/h2*3-7H,2H2,1H3;2-6H2,1H3;4*5H,4H2,1-3H3;3-4H2,1-2H3;4H,1-3H3;2*1-2H3;6*2H2,1H3;11*1H2;5*1H3. The molecule has 0 unspecified atom stereocenters. The molecule has 26 nitrogen and oxygen atoms in total. The third-order valence-electron chi connectivity index (χ3n) is 8.14. The minimum Gasteiger partial charge on any atom is -0.344 e. The Morgan fingerprint density at radius 3 is 0.566 bits per heavy atom. The summed E-state index contributed by atoms with van der Waals surface area (Å²) in [7, 11) is 6.33. The van der Waals surface area contributed by atoms with Crippen molar-refractivity contribution in [1.29, 1.82) is 0 Å². The van der Waals surface area contributed by atoms with Gasteiger partial charge in [0.1, 0.15) is 84.5 Å². The van der Waals surface area contributed by atoms with E-state index >= 15 is 0 Å². The Balaban J connectivity index is -0.0000000182. The van der Waals surface area contributed by atoms with Crippen molar-refractivity contribution >= 4 is 90.4 Å². The van der Waals surface area contributed by atoms with E-state index in [9.17, 15) is 13.2 Å². The van der Waals surface area contributed by atoms with Crippen molar-refractivity contribution in [2.75, 3.05) is 67.4 Å². The average Bonchev–Trinajstić information content (AvgIpc) is 3.72. The van der Waals surface area contributed by atoms with Crippen LogP contribution in [0.2, 0.25) is 0 Å². The largest absolute Gasteiger partial charge is 0.344 e. The van der Waals surface area contributed by atoms with Gasteiger partial charge in [-0.25, -0.2) is 8.42 Å². The smallest absolute Gasteiger partial charge is 0.219 e. The van der Waals surface area contributed by atoms with Gasteiger partial charge in [0.25, 0.3) is 0 Å². The second-order valence-corrected chi connectivity index (χ2v) is 19.1. The maximum Gasteiger partial charge on any atom is 0.219 e. The van der Waals surface area contributed by atoms with Gasteiger partial charge >= 0.3 is 0 Å². The van der Waals surface area contributed by atoms with E-state index in [1.807, 2.05) is 126 Å². The maximum absolute atomic E-state index is 10.7. The fourth-order valence-electron chi connectivity index (χ4n) is 3.01. The number of nitrogens with two attached hydrogens (primary N) is 6. The van der Waals surface area contributed by atoms with Gasteiger partial charge in [0.2, 0.25) is 5.91 Å².